The highest BCUT2D eigenvalue weighted by atomic mass is 32.2. The van der Waals surface area contributed by atoms with E-state index in [-0.39, 0.29) is 12.3 Å². The van der Waals surface area contributed by atoms with Crippen molar-refractivity contribution in [2.24, 2.45) is 11.5 Å². The SMILES string of the molecule is NC(=O)CC(N)C(=O)Nc1ccccc1SC1CCCC1. The van der Waals surface area contributed by atoms with Crippen LogP contribution in [-0.2, 0) is 9.59 Å². The molecule has 114 valence electrons. The van der Waals surface area contributed by atoms with Crippen molar-refractivity contribution in [3.63, 3.8) is 0 Å². The van der Waals surface area contributed by atoms with Crippen LogP contribution in [0.2, 0.25) is 0 Å². The van der Waals surface area contributed by atoms with Gasteiger partial charge < -0.3 is 16.8 Å². The smallest absolute Gasteiger partial charge is 0.241 e. The Kier molecular flexibility index (Phi) is 5.64. The molecule has 1 aromatic carbocycles. The van der Waals surface area contributed by atoms with E-state index in [0.29, 0.717) is 5.25 Å². The van der Waals surface area contributed by atoms with Gasteiger partial charge in [0.1, 0.15) is 0 Å². The van der Waals surface area contributed by atoms with Crippen LogP contribution >= 0.6 is 11.8 Å². The number of hydrogen-bond donors (Lipinski definition) is 3. The fourth-order valence-electron chi connectivity index (χ4n) is 2.39. The number of nitrogens with one attached hydrogen (secondary N) is 1. The zero-order valence-corrected chi connectivity index (χ0v) is 12.7. The lowest BCUT2D eigenvalue weighted by Crippen LogP contribution is -2.39. The maximum atomic E-state index is 12.0. The first kappa shape index (κ1) is 15.9. The van der Waals surface area contributed by atoms with Gasteiger partial charge in [-0.25, -0.2) is 0 Å². The van der Waals surface area contributed by atoms with Crippen LogP contribution < -0.4 is 16.8 Å². The van der Waals surface area contributed by atoms with Crippen molar-refractivity contribution >= 4 is 29.3 Å². The zero-order chi connectivity index (χ0) is 15.2. The highest BCUT2D eigenvalue weighted by Gasteiger charge is 2.20. The molecular formula is C15H21N3O2S. The van der Waals surface area contributed by atoms with Gasteiger partial charge in [0.2, 0.25) is 11.8 Å². The van der Waals surface area contributed by atoms with Crippen molar-refractivity contribution in [2.45, 2.75) is 48.3 Å². The Morgan fingerprint density at radius 3 is 2.62 bits per heavy atom. The van der Waals surface area contributed by atoms with E-state index in [1.54, 1.807) is 11.8 Å². The predicted molar refractivity (Wildman–Crippen MR) is 85.0 cm³/mol. The van der Waals surface area contributed by atoms with Gasteiger partial charge in [-0.1, -0.05) is 25.0 Å². The summed E-state index contributed by atoms with van der Waals surface area (Å²) in [4.78, 5) is 23.9. The average molecular weight is 307 g/mol. The lowest BCUT2D eigenvalue weighted by Gasteiger charge is -2.16. The van der Waals surface area contributed by atoms with E-state index in [4.69, 9.17) is 11.5 Å². The van der Waals surface area contributed by atoms with Gasteiger partial charge in [-0.2, -0.15) is 0 Å². The number of amides is 2. The molecule has 1 saturated carbocycles. The highest BCUT2D eigenvalue weighted by molar-refractivity contribution is 8.00. The number of benzene rings is 1. The molecule has 1 unspecified atom stereocenters. The molecule has 2 amide bonds. The molecule has 6 heteroatoms. The van der Waals surface area contributed by atoms with Crippen LogP contribution in [0.25, 0.3) is 0 Å². The van der Waals surface area contributed by atoms with Crippen molar-refractivity contribution < 1.29 is 9.59 Å². The van der Waals surface area contributed by atoms with Gasteiger partial charge in [0, 0.05) is 10.1 Å². The minimum Gasteiger partial charge on any atom is -0.370 e. The third-order valence-corrected chi connectivity index (χ3v) is 4.91. The molecule has 21 heavy (non-hydrogen) atoms. The highest BCUT2D eigenvalue weighted by Crippen LogP contribution is 2.37. The molecule has 0 spiro atoms. The van der Waals surface area contributed by atoms with Crippen molar-refractivity contribution in [3.8, 4) is 0 Å². The minimum absolute atomic E-state index is 0.149. The van der Waals surface area contributed by atoms with Crippen molar-refractivity contribution in [2.75, 3.05) is 5.32 Å². The minimum atomic E-state index is -0.910. The van der Waals surface area contributed by atoms with Gasteiger partial charge in [0.05, 0.1) is 18.2 Å². The van der Waals surface area contributed by atoms with Gasteiger partial charge in [0.15, 0.2) is 0 Å². The molecule has 0 heterocycles. The third kappa shape index (κ3) is 4.75. The fraction of sp³-hybridized carbons (Fsp3) is 0.467. The maximum absolute atomic E-state index is 12.0. The summed E-state index contributed by atoms with van der Waals surface area (Å²) in [5, 5.41) is 3.41. The Labute approximate surface area is 128 Å². The van der Waals surface area contributed by atoms with E-state index in [1.165, 1.54) is 25.7 Å². The molecule has 0 saturated heterocycles. The lowest BCUT2D eigenvalue weighted by atomic mass is 10.2. The number of thioether (sulfide) groups is 1. The van der Waals surface area contributed by atoms with E-state index < -0.39 is 11.9 Å². The molecule has 5 nitrogen and oxygen atoms in total. The summed E-state index contributed by atoms with van der Waals surface area (Å²) in [6.45, 7) is 0. The second-order valence-corrected chi connectivity index (χ2v) is 6.63. The zero-order valence-electron chi connectivity index (χ0n) is 11.9. The summed E-state index contributed by atoms with van der Waals surface area (Å²) in [5.74, 6) is -0.959. The van der Waals surface area contributed by atoms with Gasteiger partial charge in [-0.3, -0.25) is 9.59 Å². The Hall–Kier alpha value is -1.53. The average Bonchev–Trinajstić information content (AvgIpc) is 2.93. The second kappa shape index (κ2) is 7.47. The van der Waals surface area contributed by atoms with Gasteiger partial charge >= 0.3 is 0 Å². The normalized spacial score (nSPS) is 16.6. The number of rotatable bonds is 6. The first-order chi connectivity index (χ1) is 10.1. The Bertz CT molecular complexity index is 515. The fourth-order valence-corrected chi connectivity index (χ4v) is 3.72. The van der Waals surface area contributed by atoms with Crippen molar-refractivity contribution in [1.82, 2.24) is 0 Å². The summed E-state index contributed by atoms with van der Waals surface area (Å²) in [7, 11) is 0. The largest absolute Gasteiger partial charge is 0.370 e. The number of anilines is 1. The van der Waals surface area contributed by atoms with Crippen LogP contribution in [0, 0.1) is 0 Å². The van der Waals surface area contributed by atoms with Crippen LogP contribution in [0.1, 0.15) is 32.1 Å². The molecule has 1 aliphatic rings. The molecule has 0 aromatic heterocycles. The van der Waals surface area contributed by atoms with Crippen molar-refractivity contribution in [3.05, 3.63) is 24.3 Å². The standard InChI is InChI=1S/C15H21N3O2S/c16-11(9-14(17)19)15(20)18-12-7-3-4-8-13(12)21-10-5-1-2-6-10/h3-4,7-8,10-11H,1-2,5-6,9,16H2,(H2,17,19)(H,18,20). The summed E-state index contributed by atoms with van der Waals surface area (Å²) in [5.41, 5.74) is 11.5. The second-order valence-electron chi connectivity index (χ2n) is 5.29. The molecule has 2 rings (SSSR count). The van der Waals surface area contributed by atoms with Gasteiger partial charge in [-0.15, -0.1) is 11.8 Å². The number of carbonyl (C=O) groups is 2. The van der Waals surface area contributed by atoms with E-state index in [2.05, 4.69) is 5.32 Å². The quantitative estimate of drug-likeness (QED) is 0.747. The molecule has 0 bridgehead atoms. The van der Waals surface area contributed by atoms with E-state index in [9.17, 15) is 9.59 Å². The maximum Gasteiger partial charge on any atom is 0.241 e. The first-order valence-corrected chi connectivity index (χ1v) is 8.04. The third-order valence-electron chi connectivity index (χ3n) is 3.50. The molecule has 0 aliphatic heterocycles. The van der Waals surface area contributed by atoms with Crippen LogP contribution in [0.3, 0.4) is 0 Å². The van der Waals surface area contributed by atoms with Crippen LogP contribution in [0.5, 0.6) is 0 Å². The molecule has 1 aromatic rings. The molecule has 1 aliphatic carbocycles. The van der Waals surface area contributed by atoms with Crippen LogP contribution in [-0.4, -0.2) is 23.1 Å². The summed E-state index contributed by atoms with van der Waals surface area (Å²) in [6.07, 6.45) is 4.83. The first-order valence-electron chi connectivity index (χ1n) is 7.16. The predicted octanol–water partition coefficient (Wildman–Crippen LogP) is 1.86. The lowest BCUT2D eigenvalue weighted by molar-refractivity contribution is -0.123. The number of carbonyl (C=O) groups excluding carboxylic acids is 2. The molecular weight excluding hydrogens is 286 g/mol. The monoisotopic (exact) mass is 307 g/mol. The summed E-state index contributed by atoms with van der Waals surface area (Å²) < 4.78 is 0. The summed E-state index contributed by atoms with van der Waals surface area (Å²) in [6, 6.07) is 6.77. The van der Waals surface area contributed by atoms with Crippen LogP contribution in [0.15, 0.2) is 29.2 Å². The van der Waals surface area contributed by atoms with Crippen LogP contribution in [0.4, 0.5) is 5.69 Å². The van der Waals surface area contributed by atoms with Gasteiger partial charge in [-0.05, 0) is 25.0 Å². The summed E-state index contributed by atoms with van der Waals surface area (Å²) >= 11 is 1.80. The van der Waals surface area contributed by atoms with E-state index in [0.717, 1.165) is 10.6 Å². The van der Waals surface area contributed by atoms with Crippen molar-refractivity contribution in [1.29, 1.82) is 0 Å². The molecule has 0 radical (unpaired) electrons. The molecule has 1 fully saturated rings. The molecule has 1 atom stereocenters. The topological polar surface area (TPSA) is 98.2 Å². The Balaban J connectivity index is 2.01. The number of hydrogen-bond acceptors (Lipinski definition) is 4. The van der Waals surface area contributed by atoms with E-state index >= 15 is 0 Å². The van der Waals surface area contributed by atoms with E-state index in [1.807, 2.05) is 24.3 Å². The van der Waals surface area contributed by atoms with Gasteiger partial charge in [0.25, 0.3) is 0 Å². The number of nitrogens with two attached hydrogens (primary N) is 2. The Morgan fingerprint density at radius 1 is 1.29 bits per heavy atom. The number of primary amides is 1. The molecule has 5 N–H and O–H groups in total. The Morgan fingerprint density at radius 2 is 1.95 bits per heavy atom. The number of para-hydroxylation sites is 1.